The number of aliphatic hydroxyl groups excluding tert-OH is 2. The summed E-state index contributed by atoms with van der Waals surface area (Å²) in [5, 5.41) is 17.8. The molecule has 0 aromatic carbocycles. The van der Waals surface area contributed by atoms with E-state index in [9.17, 15) is 0 Å². The molecule has 1 aromatic heterocycles. The molecule has 5 heteroatoms. The van der Waals surface area contributed by atoms with E-state index in [4.69, 9.17) is 10.2 Å². The molecule has 1 aromatic rings. The van der Waals surface area contributed by atoms with Gasteiger partial charge in [0.1, 0.15) is 25.0 Å². The molecule has 0 aliphatic carbocycles. The number of allylic oxidation sites excluding steroid dienone is 1. The van der Waals surface area contributed by atoms with E-state index in [1.807, 2.05) is 47.1 Å². The summed E-state index contributed by atoms with van der Waals surface area (Å²) in [7, 11) is 0. The van der Waals surface area contributed by atoms with Crippen molar-refractivity contribution in [1.82, 2.24) is 4.57 Å². The first-order chi connectivity index (χ1) is 6.26. The number of aliphatic hydroxyl groups is 2. The molecular formula is C9H15ClN2O2. The van der Waals surface area contributed by atoms with Crippen LogP contribution >= 0.6 is 0 Å². The zero-order valence-corrected chi connectivity index (χ0v) is 8.80. The lowest BCUT2D eigenvalue weighted by molar-refractivity contribution is -0.703. The third-order valence-corrected chi connectivity index (χ3v) is 1.67. The molecule has 0 fully saturated rings. The second kappa shape index (κ2) is 6.59. The Labute approximate surface area is 89.5 Å². The molecule has 0 aliphatic rings. The highest BCUT2D eigenvalue weighted by atomic mass is 35.5. The summed E-state index contributed by atoms with van der Waals surface area (Å²) in [6, 6.07) is 0. The van der Waals surface area contributed by atoms with Gasteiger partial charge in [-0.25, -0.2) is 9.13 Å². The summed E-state index contributed by atoms with van der Waals surface area (Å²) in [6.07, 6.45) is 8.71. The normalized spacial score (nSPS) is 12.8. The van der Waals surface area contributed by atoms with Crippen molar-refractivity contribution < 1.29 is 27.2 Å². The Balaban J connectivity index is 0.00000169. The Morgan fingerprint density at radius 3 is 2.86 bits per heavy atom. The second-order valence-corrected chi connectivity index (χ2v) is 2.88. The molecule has 2 N–H and O–H groups in total. The number of nitrogens with zero attached hydrogens (tertiary/aromatic N) is 2. The van der Waals surface area contributed by atoms with Crippen molar-refractivity contribution in [2.45, 2.75) is 19.6 Å². The summed E-state index contributed by atoms with van der Waals surface area (Å²) in [6.45, 7) is 2.15. The highest BCUT2D eigenvalue weighted by molar-refractivity contribution is 5.18. The Bertz CT molecular complexity index is 286. The molecule has 0 bridgehead atoms. The third kappa shape index (κ3) is 3.91. The van der Waals surface area contributed by atoms with Crippen LogP contribution in [0.1, 0.15) is 6.92 Å². The highest BCUT2D eigenvalue weighted by Gasteiger charge is 2.07. The largest absolute Gasteiger partial charge is 1.00 e. The van der Waals surface area contributed by atoms with E-state index in [0.29, 0.717) is 6.54 Å². The molecule has 0 amide bonds. The minimum Gasteiger partial charge on any atom is -1.00 e. The fourth-order valence-corrected chi connectivity index (χ4v) is 1.08. The molecule has 0 saturated heterocycles. The van der Waals surface area contributed by atoms with Gasteiger partial charge >= 0.3 is 0 Å². The zero-order valence-electron chi connectivity index (χ0n) is 8.05. The summed E-state index contributed by atoms with van der Waals surface area (Å²) < 4.78 is 3.70. The van der Waals surface area contributed by atoms with Gasteiger partial charge < -0.3 is 22.6 Å². The van der Waals surface area contributed by atoms with Gasteiger partial charge in [0.05, 0.1) is 12.8 Å². The molecule has 1 heterocycles. The van der Waals surface area contributed by atoms with Gasteiger partial charge in [0.2, 0.25) is 6.33 Å². The Kier molecular flexibility index (Phi) is 6.19. The van der Waals surface area contributed by atoms with Gasteiger partial charge in [-0.05, 0) is 13.0 Å². The van der Waals surface area contributed by atoms with E-state index < -0.39 is 6.10 Å². The molecule has 1 unspecified atom stereocenters. The number of halogens is 1. The van der Waals surface area contributed by atoms with E-state index in [2.05, 4.69) is 0 Å². The molecule has 1 atom stereocenters. The van der Waals surface area contributed by atoms with Crippen molar-refractivity contribution in [1.29, 1.82) is 0 Å². The van der Waals surface area contributed by atoms with Crippen molar-refractivity contribution >= 4 is 6.20 Å². The smallest absolute Gasteiger partial charge is 0.248 e. The quantitative estimate of drug-likeness (QED) is 0.519. The first-order valence-electron chi connectivity index (χ1n) is 4.24. The maximum Gasteiger partial charge on any atom is 0.248 e. The standard InChI is InChI=1S/C9H15N2O2.ClH/c1-2-3-10-4-5-11(8-10)6-9(13)7-12;/h2-5,8-9,12-13H,6-7H2,1H3;1H/q+1;/p-1. The van der Waals surface area contributed by atoms with Crippen molar-refractivity contribution in [2.75, 3.05) is 6.61 Å². The van der Waals surface area contributed by atoms with Crippen molar-refractivity contribution in [3.63, 3.8) is 0 Å². The number of aromatic nitrogens is 2. The molecule has 1 rings (SSSR count). The fraction of sp³-hybridized carbons (Fsp3) is 0.444. The molecule has 80 valence electrons. The van der Waals surface area contributed by atoms with Crippen LogP contribution in [0.15, 0.2) is 24.8 Å². The van der Waals surface area contributed by atoms with E-state index in [1.165, 1.54) is 0 Å². The van der Waals surface area contributed by atoms with Gasteiger partial charge in [0.25, 0.3) is 0 Å². The minimum absolute atomic E-state index is 0. The van der Waals surface area contributed by atoms with Crippen LogP contribution in [0.3, 0.4) is 0 Å². The number of hydrogen-bond acceptors (Lipinski definition) is 2. The monoisotopic (exact) mass is 218 g/mol. The summed E-state index contributed by atoms with van der Waals surface area (Å²) >= 11 is 0. The summed E-state index contributed by atoms with van der Waals surface area (Å²) in [5.41, 5.74) is 0. The topological polar surface area (TPSA) is 49.3 Å². The van der Waals surface area contributed by atoms with Crippen LogP contribution in [-0.2, 0) is 6.54 Å². The van der Waals surface area contributed by atoms with Gasteiger partial charge in [0.15, 0.2) is 0 Å². The molecule has 0 saturated carbocycles. The average molecular weight is 219 g/mol. The van der Waals surface area contributed by atoms with Crippen LogP contribution in [0.25, 0.3) is 6.20 Å². The molecule has 0 spiro atoms. The van der Waals surface area contributed by atoms with Crippen molar-refractivity contribution in [3.8, 4) is 0 Å². The van der Waals surface area contributed by atoms with E-state index >= 15 is 0 Å². The van der Waals surface area contributed by atoms with Crippen molar-refractivity contribution in [3.05, 3.63) is 24.8 Å². The number of rotatable bonds is 4. The Morgan fingerprint density at radius 1 is 1.57 bits per heavy atom. The predicted molar refractivity (Wildman–Crippen MR) is 48.7 cm³/mol. The van der Waals surface area contributed by atoms with Gasteiger partial charge in [-0.2, -0.15) is 0 Å². The Morgan fingerprint density at radius 2 is 2.29 bits per heavy atom. The SMILES string of the molecule is CC=Cn1cc[n+](CC(O)CO)c1.[Cl-]. The lowest BCUT2D eigenvalue weighted by Crippen LogP contribution is -3.00. The van der Waals surface area contributed by atoms with Crippen molar-refractivity contribution in [2.24, 2.45) is 0 Å². The highest BCUT2D eigenvalue weighted by Crippen LogP contribution is 1.87. The lowest BCUT2D eigenvalue weighted by atomic mass is 10.4. The van der Waals surface area contributed by atoms with Crippen LogP contribution < -0.4 is 17.0 Å². The first kappa shape index (κ1) is 13.2. The average Bonchev–Trinajstić information content (AvgIpc) is 2.53. The van der Waals surface area contributed by atoms with Gasteiger partial charge in [-0.3, -0.25) is 0 Å². The number of hydrogen-bond donors (Lipinski definition) is 2. The maximum absolute atomic E-state index is 9.15. The van der Waals surface area contributed by atoms with E-state index in [0.717, 1.165) is 0 Å². The van der Waals surface area contributed by atoms with Crippen LogP contribution in [0.4, 0.5) is 0 Å². The second-order valence-electron chi connectivity index (χ2n) is 2.88. The van der Waals surface area contributed by atoms with E-state index in [-0.39, 0.29) is 19.0 Å². The first-order valence-corrected chi connectivity index (χ1v) is 4.24. The molecular weight excluding hydrogens is 204 g/mol. The van der Waals surface area contributed by atoms with Crippen LogP contribution in [0.5, 0.6) is 0 Å². The fourth-order valence-electron chi connectivity index (χ4n) is 1.08. The number of imidazole rings is 1. The van der Waals surface area contributed by atoms with Gasteiger partial charge in [-0.1, -0.05) is 0 Å². The predicted octanol–water partition coefficient (Wildman–Crippen LogP) is -3.38. The van der Waals surface area contributed by atoms with Crippen LogP contribution in [-0.4, -0.2) is 27.5 Å². The molecule has 4 nitrogen and oxygen atoms in total. The summed E-state index contributed by atoms with van der Waals surface area (Å²) in [4.78, 5) is 0. The minimum atomic E-state index is -0.688. The van der Waals surface area contributed by atoms with Gasteiger partial charge in [-0.15, -0.1) is 0 Å². The molecule has 14 heavy (non-hydrogen) atoms. The van der Waals surface area contributed by atoms with Crippen LogP contribution in [0.2, 0.25) is 0 Å². The summed E-state index contributed by atoms with van der Waals surface area (Å²) in [5.74, 6) is 0. The van der Waals surface area contributed by atoms with Gasteiger partial charge in [0, 0.05) is 0 Å². The molecule has 0 aliphatic heterocycles. The Hall–Kier alpha value is -0.840. The maximum atomic E-state index is 9.15. The third-order valence-electron chi connectivity index (χ3n) is 1.67. The van der Waals surface area contributed by atoms with E-state index in [1.54, 1.807) is 0 Å². The molecule has 0 radical (unpaired) electrons. The lowest BCUT2D eigenvalue weighted by Gasteiger charge is -2.01. The van der Waals surface area contributed by atoms with Crippen LogP contribution in [0, 0.1) is 0 Å². The zero-order chi connectivity index (χ0) is 9.68.